The molecular weight excluding hydrogens is 272 g/mol. The molecule has 5 heteroatoms. The molecule has 3 fully saturated rings. The van der Waals surface area contributed by atoms with Gasteiger partial charge in [-0.15, -0.1) is 0 Å². The lowest BCUT2D eigenvalue weighted by atomic mass is 10.00. The van der Waals surface area contributed by atoms with Crippen molar-refractivity contribution in [2.24, 2.45) is 28.9 Å². The first kappa shape index (κ1) is 14.0. The quantitative estimate of drug-likeness (QED) is 0.621. The number of nitrogens with two attached hydrogens (primary N) is 1. The monoisotopic (exact) mass is 294 g/mol. The highest BCUT2D eigenvalue weighted by Crippen LogP contribution is 2.52. The van der Waals surface area contributed by atoms with Crippen LogP contribution in [0.2, 0.25) is 0 Å². The highest BCUT2D eigenvalue weighted by atomic mass is 32.1. The van der Waals surface area contributed by atoms with Crippen LogP contribution in [-0.2, 0) is 9.59 Å². The van der Waals surface area contributed by atoms with Gasteiger partial charge in [0.25, 0.3) is 0 Å². The fourth-order valence-corrected chi connectivity index (χ4v) is 4.27. The molecule has 3 aliphatic rings. The molecule has 0 aromatic rings. The zero-order chi connectivity index (χ0) is 14.5. The van der Waals surface area contributed by atoms with Crippen molar-refractivity contribution in [2.75, 3.05) is 6.54 Å². The van der Waals surface area contributed by atoms with Crippen LogP contribution in [0.4, 0.5) is 0 Å². The lowest BCUT2D eigenvalue weighted by Gasteiger charge is -2.23. The number of likely N-dealkylation sites (tertiary alicyclic amines) is 1. The van der Waals surface area contributed by atoms with E-state index >= 15 is 0 Å². The molecule has 0 radical (unpaired) electrons. The van der Waals surface area contributed by atoms with Crippen LogP contribution < -0.4 is 5.73 Å². The molecule has 4 nitrogen and oxygen atoms in total. The molecule has 2 atom stereocenters. The van der Waals surface area contributed by atoms with Gasteiger partial charge in [0.1, 0.15) is 0 Å². The Hall–Kier alpha value is -0.970. The van der Waals surface area contributed by atoms with Gasteiger partial charge in [-0.3, -0.25) is 14.5 Å². The summed E-state index contributed by atoms with van der Waals surface area (Å²) in [6.07, 6.45) is 5.56. The molecule has 0 bridgehead atoms. The number of hydrogen-bond donors (Lipinski definition) is 1. The molecule has 1 aliphatic heterocycles. The first-order valence-corrected chi connectivity index (χ1v) is 8.00. The Kier molecular flexibility index (Phi) is 3.35. The van der Waals surface area contributed by atoms with Crippen molar-refractivity contribution in [3.8, 4) is 0 Å². The maximum atomic E-state index is 12.5. The molecule has 2 amide bonds. The highest BCUT2D eigenvalue weighted by molar-refractivity contribution is 7.80. The van der Waals surface area contributed by atoms with Gasteiger partial charge in [0, 0.05) is 13.0 Å². The summed E-state index contributed by atoms with van der Waals surface area (Å²) in [6.45, 7) is 2.67. The summed E-state index contributed by atoms with van der Waals surface area (Å²) >= 11 is 4.98. The molecule has 1 heterocycles. The van der Waals surface area contributed by atoms with Gasteiger partial charge in [0.15, 0.2) is 0 Å². The van der Waals surface area contributed by atoms with Gasteiger partial charge in [-0.25, -0.2) is 0 Å². The minimum absolute atomic E-state index is 0.0000514. The van der Waals surface area contributed by atoms with E-state index in [9.17, 15) is 9.59 Å². The summed E-state index contributed by atoms with van der Waals surface area (Å²) < 4.78 is 0. The van der Waals surface area contributed by atoms with E-state index in [4.69, 9.17) is 18.0 Å². The third kappa shape index (κ3) is 2.26. The summed E-state index contributed by atoms with van der Waals surface area (Å²) in [5, 5.41) is 0. The number of carbonyl (C=O) groups is 2. The van der Waals surface area contributed by atoms with Crippen molar-refractivity contribution in [2.45, 2.75) is 45.4 Å². The molecule has 2 unspecified atom stereocenters. The second-order valence-corrected chi connectivity index (χ2v) is 7.39. The van der Waals surface area contributed by atoms with Crippen molar-refractivity contribution in [3.63, 3.8) is 0 Å². The first-order valence-electron chi connectivity index (χ1n) is 7.59. The Balaban J connectivity index is 1.69. The molecule has 2 N–H and O–H groups in total. The predicted octanol–water partition coefficient (Wildman–Crippen LogP) is 1.86. The fourth-order valence-electron chi connectivity index (χ4n) is 3.96. The van der Waals surface area contributed by atoms with Crippen molar-refractivity contribution in [1.82, 2.24) is 4.90 Å². The van der Waals surface area contributed by atoms with Gasteiger partial charge in [-0.05, 0) is 37.0 Å². The molecular formula is C15H22N2O2S. The molecule has 1 saturated heterocycles. The Bertz CT molecular complexity index is 448. The van der Waals surface area contributed by atoms with Crippen LogP contribution >= 0.6 is 12.2 Å². The van der Waals surface area contributed by atoms with E-state index in [1.807, 2.05) is 0 Å². The fraction of sp³-hybridized carbons (Fsp3) is 0.800. The predicted molar refractivity (Wildman–Crippen MR) is 79.8 cm³/mol. The van der Waals surface area contributed by atoms with Gasteiger partial charge >= 0.3 is 0 Å². The Morgan fingerprint density at radius 2 is 1.85 bits per heavy atom. The molecule has 20 heavy (non-hydrogen) atoms. The van der Waals surface area contributed by atoms with Crippen LogP contribution in [-0.4, -0.2) is 28.2 Å². The van der Waals surface area contributed by atoms with Gasteiger partial charge in [0.2, 0.25) is 11.8 Å². The third-order valence-electron chi connectivity index (χ3n) is 5.40. The summed E-state index contributed by atoms with van der Waals surface area (Å²) in [5.41, 5.74) is 5.63. The van der Waals surface area contributed by atoms with Crippen LogP contribution in [0, 0.1) is 23.2 Å². The number of fused-ring (bicyclic) bond motifs is 1. The average Bonchev–Trinajstić information content (AvgIpc) is 2.94. The van der Waals surface area contributed by atoms with Crippen molar-refractivity contribution in [1.29, 1.82) is 0 Å². The SMILES string of the molecule is CCC1CC2C(=O)N(CC3(CC(N)=S)CC3)C(=O)C2C1. The number of carbonyl (C=O) groups excluding carboxylic acids is 2. The second kappa shape index (κ2) is 4.79. The van der Waals surface area contributed by atoms with Crippen molar-refractivity contribution in [3.05, 3.63) is 0 Å². The molecule has 3 rings (SSSR count). The summed E-state index contributed by atoms with van der Waals surface area (Å²) in [6, 6.07) is 0. The summed E-state index contributed by atoms with van der Waals surface area (Å²) in [7, 11) is 0. The van der Waals surface area contributed by atoms with Gasteiger partial charge < -0.3 is 5.73 Å². The number of hydrogen-bond acceptors (Lipinski definition) is 3. The van der Waals surface area contributed by atoms with Crippen molar-refractivity contribution < 1.29 is 9.59 Å². The molecule has 2 aliphatic carbocycles. The van der Waals surface area contributed by atoms with Crippen LogP contribution in [0.5, 0.6) is 0 Å². The molecule has 0 spiro atoms. The molecule has 0 aromatic carbocycles. The van der Waals surface area contributed by atoms with E-state index in [1.165, 1.54) is 4.90 Å². The lowest BCUT2D eigenvalue weighted by Crippen LogP contribution is -2.38. The molecule has 0 aromatic heterocycles. The Morgan fingerprint density at radius 1 is 1.30 bits per heavy atom. The number of thiocarbonyl (C=S) groups is 1. The normalized spacial score (nSPS) is 34.5. The van der Waals surface area contributed by atoms with E-state index in [-0.39, 0.29) is 29.1 Å². The lowest BCUT2D eigenvalue weighted by molar-refractivity contribution is -0.141. The zero-order valence-corrected chi connectivity index (χ0v) is 12.7. The topological polar surface area (TPSA) is 63.4 Å². The number of amides is 2. The minimum Gasteiger partial charge on any atom is -0.393 e. The number of nitrogens with zero attached hydrogens (tertiary/aromatic N) is 1. The number of imide groups is 1. The Morgan fingerprint density at radius 3 is 2.25 bits per heavy atom. The second-order valence-electron chi connectivity index (χ2n) is 6.86. The molecule has 110 valence electrons. The van der Waals surface area contributed by atoms with Crippen LogP contribution in [0.1, 0.15) is 45.4 Å². The highest BCUT2D eigenvalue weighted by Gasteiger charge is 2.55. The maximum absolute atomic E-state index is 12.5. The van der Waals surface area contributed by atoms with Gasteiger partial charge in [0.05, 0.1) is 16.8 Å². The first-order chi connectivity index (χ1) is 9.46. The summed E-state index contributed by atoms with van der Waals surface area (Å²) in [4.78, 5) is 27.0. The zero-order valence-electron chi connectivity index (χ0n) is 11.9. The smallest absolute Gasteiger partial charge is 0.233 e. The minimum atomic E-state index is -0.0481. The van der Waals surface area contributed by atoms with Crippen LogP contribution in [0.25, 0.3) is 0 Å². The van der Waals surface area contributed by atoms with Crippen LogP contribution in [0.3, 0.4) is 0 Å². The van der Waals surface area contributed by atoms with E-state index in [2.05, 4.69) is 6.92 Å². The van der Waals surface area contributed by atoms with E-state index in [0.717, 1.165) is 32.1 Å². The average molecular weight is 294 g/mol. The van der Waals surface area contributed by atoms with E-state index in [1.54, 1.807) is 0 Å². The van der Waals surface area contributed by atoms with Gasteiger partial charge in [-0.1, -0.05) is 25.6 Å². The third-order valence-corrected chi connectivity index (χ3v) is 5.55. The largest absolute Gasteiger partial charge is 0.393 e. The Labute approximate surface area is 125 Å². The van der Waals surface area contributed by atoms with E-state index in [0.29, 0.717) is 23.9 Å². The van der Waals surface area contributed by atoms with E-state index < -0.39 is 0 Å². The maximum Gasteiger partial charge on any atom is 0.233 e. The van der Waals surface area contributed by atoms with Crippen LogP contribution in [0.15, 0.2) is 0 Å². The van der Waals surface area contributed by atoms with Crippen molar-refractivity contribution >= 4 is 29.0 Å². The standard InChI is InChI=1S/C15H22N2O2S/c1-2-9-5-10-11(6-9)14(19)17(13(10)18)8-15(3-4-15)7-12(16)20/h9-11H,2-8H2,1H3,(H2,16,20). The number of rotatable bonds is 5. The van der Waals surface area contributed by atoms with Gasteiger partial charge in [-0.2, -0.15) is 0 Å². The molecule has 2 saturated carbocycles. The summed E-state index contributed by atoms with van der Waals surface area (Å²) in [5.74, 6) is 0.572.